The number of hydrogen-bond acceptors (Lipinski definition) is 4. The second-order valence-corrected chi connectivity index (χ2v) is 8.84. The first-order valence-corrected chi connectivity index (χ1v) is 11.3. The summed E-state index contributed by atoms with van der Waals surface area (Å²) in [6, 6.07) is 13.7. The van der Waals surface area contributed by atoms with E-state index < -0.39 is 17.4 Å². The number of rotatable bonds is 8. The van der Waals surface area contributed by atoms with Crippen LogP contribution in [0.5, 0.6) is 11.5 Å². The Hall–Kier alpha value is -3.60. The normalized spacial score (nSPS) is 15.8. The van der Waals surface area contributed by atoms with Gasteiger partial charge in [-0.25, -0.2) is 4.39 Å². The van der Waals surface area contributed by atoms with E-state index in [4.69, 9.17) is 9.47 Å². The van der Waals surface area contributed by atoms with E-state index in [0.29, 0.717) is 34.8 Å². The summed E-state index contributed by atoms with van der Waals surface area (Å²) in [6.45, 7) is 9.73. The monoisotopic (exact) mass is 461 g/mol. The van der Waals surface area contributed by atoms with Gasteiger partial charge < -0.3 is 19.4 Å². The van der Waals surface area contributed by atoms with E-state index in [1.54, 1.807) is 13.8 Å². The highest BCUT2D eigenvalue weighted by Crippen LogP contribution is 2.44. The topological polar surface area (TPSA) is 58.6 Å². The highest BCUT2D eigenvalue weighted by molar-refractivity contribution is 5.88. The Bertz CT molecular complexity index is 1180. The van der Waals surface area contributed by atoms with Gasteiger partial charge >= 0.3 is 0 Å². The van der Waals surface area contributed by atoms with E-state index in [2.05, 4.69) is 6.08 Å². The molecule has 1 heterocycles. The van der Waals surface area contributed by atoms with Crippen LogP contribution in [0.2, 0.25) is 0 Å². The zero-order valence-electron chi connectivity index (χ0n) is 20.3. The molecule has 3 rings (SSSR count). The molecule has 0 fully saturated rings. The molecule has 1 aliphatic heterocycles. The first-order valence-electron chi connectivity index (χ1n) is 11.3. The van der Waals surface area contributed by atoms with E-state index in [9.17, 15) is 9.90 Å². The lowest BCUT2D eigenvalue weighted by Gasteiger charge is -2.32. The van der Waals surface area contributed by atoms with E-state index in [1.165, 1.54) is 12.2 Å². The number of carbonyl (C=O) groups is 1. The molecular weight excluding hydrogens is 431 g/mol. The highest BCUT2D eigenvalue weighted by atomic mass is 19.1. The first-order chi connectivity index (χ1) is 16.1. The summed E-state index contributed by atoms with van der Waals surface area (Å²) >= 11 is 0. The van der Waals surface area contributed by atoms with Gasteiger partial charge in [-0.15, -0.1) is 0 Å². The van der Waals surface area contributed by atoms with E-state index >= 15 is 4.39 Å². The Labute approximate surface area is 200 Å². The van der Waals surface area contributed by atoms with Crippen LogP contribution in [0, 0.1) is 0 Å². The molecule has 2 aromatic rings. The summed E-state index contributed by atoms with van der Waals surface area (Å²) in [5.41, 5.74) is 3.74. The van der Waals surface area contributed by atoms with Crippen molar-refractivity contribution in [2.45, 2.75) is 46.6 Å². The number of fused-ring (bicyclic) bond motifs is 1. The molecule has 0 spiro atoms. The Morgan fingerprint density at radius 1 is 1.15 bits per heavy atom. The van der Waals surface area contributed by atoms with Gasteiger partial charge in [-0.05, 0) is 80.7 Å². The molecule has 0 unspecified atom stereocenters. The van der Waals surface area contributed by atoms with Crippen LogP contribution in [0.4, 0.5) is 4.39 Å². The Morgan fingerprint density at radius 3 is 2.50 bits per heavy atom. The molecule has 34 heavy (non-hydrogen) atoms. The predicted molar refractivity (Wildman–Crippen MR) is 132 cm³/mol. The highest BCUT2D eigenvalue weighted by Gasteiger charge is 2.29. The first kappa shape index (κ1) is 25.0. The minimum absolute atomic E-state index is 0.376. The van der Waals surface area contributed by atoms with Crippen LogP contribution < -0.4 is 14.6 Å². The maximum atomic E-state index is 15.2. The number of benzene rings is 2. The van der Waals surface area contributed by atoms with Crippen molar-refractivity contribution in [2.24, 2.45) is 0 Å². The summed E-state index contributed by atoms with van der Waals surface area (Å²) in [6.07, 6.45) is 6.45. The van der Waals surface area contributed by atoms with Crippen molar-refractivity contribution >= 4 is 17.1 Å². The summed E-state index contributed by atoms with van der Waals surface area (Å²) in [4.78, 5) is 10.7. The number of hydrogen-bond donors (Lipinski definition) is 0. The van der Waals surface area contributed by atoms with Gasteiger partial charge in [0.25, 0.3) is 0 Å². The largest absolute Gasteiger partial charge is 0.545 e. The fourth-order valence-corrected chi connectivity index (χ4v) is 3.77. The third kappa shape index (κ3) is 6.04. The molecule has 0 saturated carbocycles. The molecule has 0 N–H and O–H groups in total. The lowest BCUT2D eigenvalue weighted by atomic mass is 9.88. The second-order valence-electron chi connectivity index (χ2n) is 8.84. The maximum absolute atomic E-state index is 15.2. The molecule has 4 nitrogen and oxygen atoms in total. The Kier molecular flexibility index (Phi) is 7.77. The molecule has 0 radical (unpaired) electrons. The summed E-state index contributed by atoms with van der Waals surface area (Å²) in [5.74, 6) is -0.600. The quantitative estimate of drug-likeness (QED) is 0.356. The van der Waals surface area contributed by atoms with E-state index in [1.807, 2.05) is 63.2 Å². The number of aliphatic carboxylic acids is 1. The van der Waals surface area contributed by atoms with Crippen molar-refractivity contribution in [2.75, 3.05) is 6.61 Å². The minimum atomic E-state index is -1.32. The van der Waals surface area contributed by atoms with Gasteiger partial charge in [0.2, 0.25) is 0 Å². The van der Waals surface area contributed by atoms with Gasteiger partial charge in [-0.3, -0.25) is 0 Å². The molecule has 178 valence electrons. The fraction of sp³-hybridized carbons (Fsp3) is 0.276. The molecular formula is C29H30FO4-. The van der Waals surface area contributed by atoms with E-state index in [-0.39, 0.29) is 0 Å². The van der Waals surface area contributed by atoms with E-state index in [0.717, 1.165) is 29.2 Å². The molecule has 1 aliphatic rings. The van der Waals surface area contributed by atoms with Crippen molar-refractivity contribution in [3.63, 3.8) is 0 Å². The van der Waals surface area contributed by atoms with Gasteiger partial charge in [0.1, 0.15) is 22.9 Å². The van der Waals surface area contributed by atoms with Crippen LogP contribution in [0.1, 0.15) is 57.7 Å². The van der Waals surface area contributed by atoms with Crippen LogP contribution in [0.15, 0.2) is 78.2 Å². The predicted octanol–water partition coefficient (Wildman–Crippen LogP) is 6.03. The van der Waals surface area contributed by atoms with Crippen molar-refractivity contribution < 1.29 is 23.8 Å². The van der Waals surface area contributed by atoms with Crippen molar-refractivity contribution in [1.29, 1.82) is 0 Å². The third-order valence-electron chi connectivity index (χ3n) is 5.38. The number of carboxylic acid groups (broad SMARTS) is 1. The Balaban J connectivity index is 2.16. The van der Waals surface area contributed by atoms with Gasteiger partial charge in [0, 0.05) is 17.2 Å². The Morgan fingerprint density at radius 2 is 1.85 bits per heavy atom. The van der Waals surface area contributed by atoms with Crippen LogP contribution in [0.3, 0.4) is 0 Å². The summed E-state index contributed by atoms with van der Waals surface area (Å²) < 4.78 is 27.4. The lowest BCUT2D eigenvalue weighted by molar-refractivity contribution is -0.297. The molecule has 0 saturated heterocycles. The fourth-order valence-electron chi connectivity index (χ4n) is 3.77. The van der Waals surface area contributed by atoms with Crippen molar-refractivity contribution in [3.8, 4) is 11.5 Å². The average molecular weight is 462 g/mol. The SMILES string of the molecule is CCCOc1cc2c(cc1\C(C)=C(F)/C=C/C(C)=C/C(=O)[O-])C(c1ccccc1)=CC(C)(C)O2. The van der Waals surface area contributed by atoms with Crippen LogP contribution >= 0.6 is 0 Å². The number of carbonyl (C=O) groups excluding carboxylic acids is 1. The maximum Gasteiger partial charge on any atom is 0.132 e. The molecule has 0 amide bonds. The van der Waals surface area contributed by atoms with Gasteiger partial charge in [-0.1, -0.05) is 43.3 Å². The molecule has 5 heteroatoms. The van der Waals surface area contributed by atoms with Crippen LogP contribution in [-0.2, 0) is 4.79 Å². The summed E-state index contributed by atoms with van der Waals surface area (Å²) in [5, 5.41) is 10.7. The molecule has 2 aromatic carbocycles. The van der Waals surface area contributed by atoms with Gasteiger partial charge in [0.05, 0.1) is 12.6 Å². The zero-order valence-corrected chi connectivity index (χ0v) is 20.3. The second kappa shape index (κ2) is 10.6. The molecule has 0 aromatic heterocycles. The standard InChI is InChI=1S/C29H31FO4/c1-6-14-33-26-17-27-23(24(18-29(4,5)34-27)21-10-8-7-9-11-21)16-22(26)20(3)25(30)13-12-19(2)15-28(31)32/h7-13,15-18H,6,14H2,1-5H3,(H,31,32)/p-1/b13-12+,19-15+,25-20+. The van der Waals surface area contributed by atoms with Crippen molar-refractivity contribution in [3.05, 3.63) is 94.9 Å². The molecule has 0 bridgehead atoms. The van der Waals surface area contributed by atoms with Gasteiger partial charge in [0.15, 0.2) is 0 Å². The number of carboxylic acids is 1. The zero-order chi connectivity index (χ0) is 24.9. The molecule has 0 aliphatic carbocycles. The number of ether oxygens (including phenoxy) is 2. The van der Waals surface area contributed by atoms with Crippen LogP contribution in [0.25, 0.3) is 11.1 Å². The average Bonchev–Trinajstić information content (AvgIpc) is 2.79. The molecule has 0 atom stereocenters. The minimum Gasteiger partial charge on any atom is -0.545 e. The van der Waals surface area contributed by atoms with Crippen molar-refractivity contribution in [1.82, 2.24) is 0 Å². The lowest BCUT2D eigenvalue weighted by Crippen LogP contribution is -2.29. The number of allylic oxidation sites excluding steroid dienone is 5. The third-order valence-corrected chi connectivity index (χ3v) is 5.38. The van der Waals surface area contributed by atoms with Crippen LogP contribution in [-0.4, -0.2) is 18.2 Å². The van der Waals surface area contributed by atoms with Gasteiger partial charge in [-0.2, -0.15) is 0 Å². The smallest absolute Gasteiger partial charge is 0.132 e. The number of halogens is 1. The summed E-state index contributed by atoms with van der Waals surface area (Å²) in [7, 11) is 0.